The zero-order valence-electron chi connectivity index (χ0n) is 41.0. The van der Waals surface area contributed by atoms with Crippen LogP contribution in [0.1, 0.15) is 191 Å². The van der Waals surface area contributed by atoms with Crippen molar-refractivity contribution < 1.29 is 23.1 Å². The van der Waals surface area contributed by atoms with Crippen LogP contribution in [0, 0.1) is 28.1 Å². The average molecular weight is 853 g/mol. The predicted molar refractivity (Wildman–Crippen MR) is 254 cm³/mol. The van der Waals surface area contributed by atoms with Crippen LogP contribution < -0.4 is 0 Å². The van der Waals surface area contributed by atoms with Crippen LogP contribution in [-0.2, 0) is 23.1 Å². The van der Waals surface area contributed by atoms with Crippen molar-refractivity contribution in [1.29, 1.82) is 0 Å². The second-order valence-corrected chi connectivity index (χ2v) is 33.5. The van der Waals surface area contributed by atoms with Gasteiger partial charge in [0.1, 0.15) is 5.78 Å². The van der Waals surface area contributed by atoms with Gasteiger partial charge in [-0.05, 0) is 149 Å². The number of hydrogen-bond donors (Lipinski definition) is 0. The van der Waals surface area contributed by atoms with Crippen LogP contribution in [0.15, 0.2) is 35.5 Å². The van der Waals surface area contributed by atoms with Gasteiger partial charge >= 0.3 is 0 Å². The first-order valence-electron chi connectivity index (χ1n) is 24.7. The zero-order chi connectivity index (χ0) is 43.5. The lowest BCUT2D eigenvalue weighted by molar-refractivity contribution is -0.191. The Morgan fingerprint density at radius 2 is 1.44 bits per heavy atom. The van der Waals surface area contributed by atoms with E-state index in [0.717, 1.165) is 70.8 Å². The molecule has 0 aromatic rings. The number of unbranched alkanes of at least 4 members (excludes halogenated alkanes) is 4. The normalized spacial score (nSPS) is 30.8. The molecule has 1 aliphatic heterocycles. The van der Waals surface area contributed by atoms with Crippen LogP contribution in [0.4, 0.5) is 0 Å². The van der Waals surface area contributed by atoms with Crippen LogP contribution in [-0.4, -0.2) is 53.6 Å². The molecule has 59 heavy (non-hydrogen) atoms. The summed E-state index contributed by atoms with van der Waals surface area (Å²) in [6.45, 7) is 34.4. The fourth-order valence-corrected chi connectivity index (χ4v) is 13.8. The summed E-state index contributed by atoms with van der Waals surface area (Å²) < 4.78 is 27.3. The van der Waals surface area contributed by atoms with Crippen LogP contribution in [0.25, 0.3) is 0 Å². The third-order valence-electron chi connectivity index (χ3n) is 17.0. The van der Waals surface area contributed by atoms with Gasteiger partial charge in [0.25, 0.3) is 0 Å². The molecule has 5 nitrogen and oxygen atoms in total. The predicted octanol–water partition coefficient (Wildman–Crippen LogP) is 15.2. The van der Waals surface area contributed by atoms with Gasteiger partial charge in [0.15, 0.2) is 22.9 Å². The average Bonchev–Trinajstić information content (AvgIpc) is 3.86. The number of ketones is 1. The third kappa shape index (κ3) is 12.0. The molecular formula is C52H92O5Si2. The Balaban J connectivity index is 1.34. The van der Waals surface area contributed by atoms with Gasteiger partial charge in [0.05, 0.1) is 23.7 Å². The first kappa shape index (κ1) is 49.2. The summed E-state index contributed by atoms with van der Waals surface area (Å²) >= 11 is 0. The van der Waals surface area contributed by atoms with Gasteiger partial charge < -0.3 is 18.3 Å². The first-order valence-corrected chi connectivity index (χ1v) is 30.5. The number of carbonyl (C=O) groups excluding carboxylic acids is 1. The molecule has 5 rings (SSSR count). The van der Waals surface area contributed by atoms with Crippen molar-refractivity contribution in [3.05, 3.63) is 35.5 Å². The third-order valence-corrected chi connectivity index (χ3v) is 26.0. The highest BCUT2D eigenvalue weighted by Crippen LogP contribution is 2.63. The molecule has 0 aromatic carbocycles. The van der Waals surface area contributed by atoms with Gasteiger partial charge in [-0.15, -0.1) is 0 Å². The summed E-state index contributed by atoms with van der Waals surface area (Å²) in [5, 5.41) is 0.366. The Hall–Kier alpha value is -0.836. The van der Waals surface area contributed by atoms with E-state index in [9.17, 15) is 4.79 Å². The maximum absolute atomic E-state index is 13.9. The number of Topliss-reactive ketones (excluding diaryl/α,β-unsaturated/α-hetero) is 1. The molecule has 0 spiro atoms. The summed E-state index contributed by atoms with van der Waals surface area (Å²) in [5.74, 6) is 1.61. The van der Waals surface area contributed by atoms with Gasteiger partial charge in [0.2, 0.25) is 0 Å². The molecule has 0 N–H and O–H groups in total. The largest absolute Gasteiger partial charge is 0.414 e. The maximum Gasteiger partial charge on any atom is 0.192 e. The second kappa shape index (κ2) is 19.5. The van der Waals surface area contributed by atoms with Gasteiger partial charge in [-0.1, -0.05) is 130 Å². The summed E-state index contributed by atoms with van der Waals surface area (Å²) in [6, 6.07) is 0. The highest BCUT2D eigenvalue weighted by Gasteiger charge is 2.57. The Bertz CT molecular complexity index is 1440. The molecule has 1 saturated heterocycles. The number of hydrogen-bond acceptors (Lipinski definition) is 5. The quantitative estimate of drug-likeness (QED) is 0.0781. The van der Waals surface area contributed by atoms with E-state index in [4.69, 9.17) is 18.3 Å². The Labute approximate surface area is 366 Å². The lowest BCUT2D eigenvalue weighted by Gasteiger charge is -2.47. The molecule has 4 saturated carbocycles. The fourth-order valence-electron chi connectivity index (χ4n) is 11.1. The molecule has 0 bridgehead atoms. The molecule has 338 valence electrons. The molecule has 0 aromatic heterocycles. The molecule has 0 amide bonds. The van der Waals surface area contributed by atoms with E-state index in [1.165, 1.54) is 56.9 Å². The van der Waals surface area contributed by atoms with Crippen molar-refractivity contribution >= 4 is 22.4 Å². The van der Waals surface area contributed by atoms with Crippen LogP contribution in [0.5, 0.6) is 0 Å². The van der Waals surface area contributed by atoms with Crippen LogP contribution in [0.2, 0.25) is 36.3 Å². The number of allylic oxidation sites excluding steroid dienone is 4. The zero-order valence-corrected chi connectivity index (χ0v) is 43.0. The fraction of sp³-hybridized carbons (Fsp3) is 0.865. The van der Waals surface area contributed by atoms with Crippen molar-refractivity contribution in [2.24, 2.45) is 28.1 Å². The minimum absolute atomic E-state index is 0.00922. The smallest absolute Gasteiger partial charge is 0.192 e. The molecule has 0 radical (unpaired) electrons. The molecule has 5 aliphatic rings. The minimum atomic E-state index is -1.93. The molecular weight excluding hydrogens is 761 g/mol. The Morgan fingerprint density at radius 1 is 0.814 bits per heavy atom. The topological polar surface area (TPSA) is 54.0 Å². The van der Waals surface area contributed by atoms with E-state index in [2.05, 4.69) is 120 Å². The minimum Gasteiger partial charge on any atom is -0.414 e. The highest BCUT2D eigenvalue weighted by molar-refractivity contribution is 6.74. The van der Waals surface area contributed by atoms with E-state index in [-0.39, 0.29) is 50.9 Å². The highest BCUT2D eigenvalue weighted by atomic mass is 28.4. The molecule has 2 unspecified atom stereocenters. The van der Waals surface area contributed by atoms with Gasteiger partial charge in [-0.3, -0.25) is 4.79 Å². The monoisotopic (exact) mass is 853 g/mol. The number of rotatable bonds is 18. The lowest BCUT2D eigenvalue weighted by Crippen LogP contribution is -2.48. The summed E-state index contributed by atoms with van der Waals surface area (Å²) in [7, 11) is -3.85. The first-order chi connectivity index (χ1) is 27.4. The van der Waals surface area contributed by atoms with E-state index < -0.39 is 16.6 Å². The van der Waals surface area contributed by atoms with Gasteiger partial charge in [-0.2, -0.15) is 0 Å². The second-order valence-electron chi connectivity index (χ2n) is 24.0. The Kier molecular flexibility index (Phi) is 16.3. The maximum atomic E-state index is 13.9. The molecule has 4 aliphatic carbocycles. The van der Waals surface area contributed by atoms with Crippen molar-refractivity contribution in [2.75, 3.05) is 6.61 Å². The molecule has 7 atom stereocenters. The Morgan fingerprint density at radius 3 is 2.00 bits per heavy atom. The number of ether oxygens (including phenoxy) is 2. The van der Waals surface area contributed by atoms with E-state index in [1.54, 1.807) is 5.57 Å². The van der Waals surface area contributed by atoms with Crippen molar-refractivity contribution in [2.45, 2.75) is 252 Å². The van der Waals surface area contributed by atoms with E-state index in [0.29, 0.717) is 24.0 Å². The summed E-state index contributed by atoms with van der Waals surface area (Å²) in [6.07, 6.45) is 30.9. The van der Waals surface area contributed by atoms with Crippen LogP contribution >= 0.6 is 0 Å². The number of carbonyl (C=O) groups is 1. The van der Waals surface area contributed by atoms with Gasteiger partial charge in [0, 0.05) is 13.0 Å². The molecule has 1 heterocycles. The summed E-state index contributed by atoms with van der Waals surface area (Å²) in [5.41, 5.74) is 3.06. The lowest BCUT2D eigenvalue weighted by atomic mass is 9.57. The van der Waals surface area contributed by atoms with Crippen LogP contribution in [0.3, 0.4) is 0 Å². The SMILES string of the molecule is CCCCCCCC(=O)C1(C(/C=C/C(C)(C)[C@H]2CC[C@H]3/C(=C/C=C4C[C@@H](O[Si](C)(C)C(C)(C)C)C[C@H](O[Si](C)(C)C(C)(C)C)C4)CCC[C@]23C)OC2CCCCO2)CC1. The standard InChI is InChI=1S/C52H92O5Si2/c1-15-16-17-18-19-24-45(53)52(33-34-52)46(55-47-25-20-21-35-54-47)30-32-50(8,9)44-29-28-43-40(23-22-31-51(43,44)10)27-26-39-36-41(56-58(11,12)48(2,3)4)38-42(37-39)57-59(13,14)49(5,6)7/h26-27,30,32,41-44,46-47H,15-25,28-29,31,33-38H2,1-14H3/b32-30+,40-27+/t41-,42-,43+,44-,46?,47?,51+/m1/s1. The van der Waals surface area contributed by atoms with E-state index in [1.807, 2.05) is 0 Å². The van der Waals surface area contributed by atoms with Crippen molar-refractivity contribution in [3.8, 4) is 0 Å². The van der Waals surface area contributed by atoms with Crippen molar-refractivity contribution in [1.82, 2.24) is 0 Å². The summed E-state index contributed by atoms with van der Waals surface area (Å²) in [4.78, 5) is 13.9. The molecule has 7 heteroatoms. The van der Waals surface area contributed by atoms with E-state index >= 15 is 0 Å². The molecule has 5 fully saturated rings. The number of fused-ring (bicyclic) bond motifs is 1. The van der Waals surface area contributed by atoms with Gasteiger partial charge in [-0.25, -0.2) is 0 Å². The van der Waals surface area contributed by atoms with Crippen molar-refractivity contribution in [3.63, 3.8) is 0 Å².